The number of hydrogen-bond acceptors (Lipinski definition) is 2. The van der Waals surface area contributed by atoms with Gasteiger partial charge in [0.1, 0.15) is 8.24 Å². The minimum Gasteiger partial charge on any atom is -0.332 e. The molecule has 2 nitrogen and oxygen atoms in total. The quantitative estimate of drug-likeness (QED) is 0.750. The highest BCUT2D eigenvalue weighted by Crippen LogP contribution is 2.59. The molecule has 6 atom stereocenters. The van der Waals surface area contributed by atoms with Crippen molar-refractivity contribution in [1.82, 2.24) is 9.88 Å². The average Bonchev–Trinajstić information content (AvgIpc) is 2.95. The summed E-state index contributed by atoms with van der Waals surface area (Å²) in [5, 5.41) is 0. The molecule has 134 valence electrons. The monoisotopic (exact) mass is 336 g/mol. The smallest absolute Gasteiger partial charge is 0.123 e. The number of nitrogens with one attached hydrogen (secondary N) is 1. The average molecular weight is 337 g/mol. The molecule has 3 saturated carbocycles. The summed E-state index contributed by atoms with van der Waals surface area (Å²) in [6, 6.07) is 0.833. The van der Waals surface area contributed by atoms with Gasteiger partial charge < -0.3 is 9.88 Å². The van der Waals surface area contributed by atoms with Gasteiger partial charge in [0.05, 0.1) is 0 Å². The van der Waals surface area contributed by atoms with Crippen LogP contribution >= 0.6 is 0 Å². The Kier molecular flexibility index (Phi) is 4.79. The summed E-state index contributed by atoms with van der Waals surface area (Å²) in [5.74, 6) is 4.11. The fraction of sp³-hybridized carbons (Fsp3) is 1.00. The van der Waals surface area contributed by atoms with Gasteiger partial charge in [-0.25, -0.2) is 0 Å². The normalized spacial score (nSPS) is 41.2. The molecular formula is C20H40N2Si. The van der Waals surface area contributed by atoms with Crippen LogP contribution in [0, 0.1) is 23.7 Å². The fourth-order valence-corrected chi connectivity index (χ4v) is 11.2. The molecule has 3 heteroatoms. The van der Waals surface area contributed by atoms with Crippen LogP contribution in [-0.4, -0.2) is 38.8 Å². The molecule has 5 unspecified atom stereocenters. The summed E-state index contributed by atoms with van der Waals surface area (Å²) >= 11 is 0. The SMILES string of the molecule is CN(C)C1CC([Si](C)(C)NC(C)(C)C)C2C[C@@H]3CCCC3CC21. The van der Waals surface area contributed by atoms with Crippen LogP contribution in [0.3, 0.4) is 0 Å². The van der Waals surface area contributed by atoms with Crippen molar-refractivity contribution in [2.24, 2.45) is 23.7 Å². The van der Waals surface area contributed by atoms with Crippen molar-refractivity contribution < 1.29 is 0 Å². The Morgan fingerprint density at radius 1 is 0.913 bits per heavy atom. The van der Waals surface area contributed by atoms with E-state index in [1.807, 2.05) is 0 Å². The molecule has 3 aliphatic carbocycles. The van der Waals surface area contributed by atoms with Gasteiger partial charge in [-0.1, -0.05) is 32.4 Å². The Labute approximate surface area is 145 Å². The Morgan fingerprint density at radius 3 is 2.00 bits per heavy atom. The number of nitrogens with zero attached hydrogens (tertiary/aromatic N) is 1. The summed E-state index contributed by atoms with van der Waals surface area (Å²) < 4.78 is 0. The Hall–Kier alpha value is 0.137. The van der Waals surface area contributed by atoms with E-state index in [0.29, 0.717) is 0 Å². The van der Waals surface area contributed by atoms with Gasteiger partial charge in [-0.15, -0.1) is 0 Å². The third-order valence-electron chi connectivity index (χ3n) is 7.31. The van der Waals surface area contributed by atoms with Crippen LogP contribution in [0.2, 0.25) is 18.6 Å². The largest absolute Gasteiger partial charge is 0.332 e. The molecule has 23 heavy (non-hydrogen) atoms. The Bertz CT molecular complexity index is 426. The molecule has 0 bridgehead atoms. The molecular weight excluding hydrogens is 296 g/mol. The second-order valence-corrected chi connectivity index (χ2v) is 15.2. The first-order valence-corrected chi connectivity index (χ1v) is 13.1. The van der Waals surface area contributed by atoms with E-state index < -0.39 is 8.24 Å². The lowest BCUT2D eigenvalue weighted by molar-refractivity contribution is 0.107. The maximum atomic E-state index is 4.11. The van der Waals surface area contributed by atoms with E-state index in [1.54, 1.807) is 6.42 Å². The van der Waals surface area contributed by atoms with Crippen molar-refractivity contribution in [1.29, 1.82) is 0 Å². The van der Waals surface area contributed by atoms with Crippen molar-refractivity contribution in [2.75, 3.05) is 14.1 Å². The van der Waals surface area contributed by atoms with Gasteiger partial charge in [0, 0.05) is 11.6 Å². The second kappa shape index (κ2) is 6.14. The minimum atomic E-state index is -1.42. The maximum absolute atomic E-state index is 4.11. The van der Waals surface area contributed by atoms with Crippen LogP contribution in [0.4, 0.5) is 0 Å². The van der Waals surface area contributed by atoms with E-state index in [9.17, 15) is 0 Å². The lowest BCUT2D eigenvalue weighted by atomic mass is 9.70. The van der Waals surface area contributed by atoms with E-state index in [2.05, 4.69) is 57.8 Å². The first-order valence-electron chi connectivity index (χ1n) is 10.0. The van der Waals surface area contributed by atoms with Crippen LogP contribution in [-0.2, 0) is 0 Å². The van der Waals surface area contributed by atoms with Gasteiger partial charge in [0.15, 0.2) is 0 Å². The topological polar surface area (TPSA) is 15.3 Å². The number of hydrogen-bond donors (Lipinski definition) is 1. The molecule has 3 rings (SSSR count). The Morgan fingerprint density at radius 2 is 1.48 bits per heavy atom. The standard InChI is InChI=1S/C20H40N2Si/c1-20(2,3)21-23(6,7)19-13-18(22(4)5)16-11-14-9-8-10-15(14)12-17(16)19/h14-19,21H,8-13H2,1-7H3/t14?,15-,16?,17?,18?,19?/m0/s1. The Balaban J connectivity index is 1.83. The van der Waals surface area contributed by atoms with Gasteiger partial charge in [-0.05, 0) is 83.3 Å². The molecule has 3 aliphatic rings. The number of rotatable bonds is 3. The van der Waals surface area contributed by atoms with Crippen LogP contribution in [0.1, 0.15) is 59.3 Å². The third kappa shape index (κ3) is 3.57. The van der Waals surface area contributed by atoms with Crippen molar-refractivity contribution in [3.63, 3.8) is 0 Å². The molecule has 0 spiro atoms. The number of fused-ring (bicyclic) bond motifs is 2. The molecule has 0 aliphatic heterocycles. The van der Waals surface area contributed by atoms with Crippen LogP contribution < -0.4 is 4.98 Å². The highest BCUT2D eigenvalue weighted by atomic mass is 28.3. The summed E-state index contributed by atoms with van der Waals surface area (Å²) in [6.45, 7) is 12.3. The van der Waals surface area contributed by atoms with Gasteiger partial charge in [0.2, 0.25) is 0 Å². The van der Waals surface area contributed by atoms with Crippen LogP contribution in [0.15, 0.2) is 0 Å². The van der Waals surface area contributed by atoms with Crippen molar-refractivity contribution in [2.45, 2.75) is 89.5 Å². The highest BCUT2D eigenvalue weighted by molar-refractivity contribution is 6.76. The molecule has 1 N–H and O–H groups in total. The van der Waals surface area contributed by atoms with E-state index in [4.69, 9.17) is 0 Å². The third-order valence-corrected chi connectivity index (χ3v) is 11.2. The molecule has 0 aromatic heterocycles. The maximum Gasteiger partial charge on any atom is 0.123 e. The summed E-state index contributed by atoms with van der Waals surface area (Å²) in [7, 11) is 3.24. The van der Waals surface area contributed by atoms with Crippen LogP contribution in [0.5, 0.6) is 0 Å². The van der Waals surface area contributed by atoms with E-state index in [-0.39, 0.29) is 5.54 Å². The molecule has 0 aromatic carbocycles. The molecule has 0 radical (unpaired) electrons. The molecule has 0 heterocycles. The first kappa shape index (κ1) is 17.9. The highest BCUT2D eigenvalue weighted by Gasteiger charge is 2.55. The van der Waals surface area contributed by atoms with Crippen molar-refractivity contribution in [3.05, 3.63) is 0 Å². The van der Waals surface area contributed by atoms with Crippen molar-refractivity contribution in [3.8, 4) is 0 Å². The molecule has 0 saturated heterocycles. The molecule has 3 fully saturated rings. The minimum absolute atomic E-state index is 0.256. The fourth-order valence-electron chi connectivity index (χ4n) is 6.78. The predicted octanol–water partition coefficient (Wildman–Crippen LogP) is 4.73. The van der Waals surface area contributed by atoms with E-state index in [0.717, 1.165) is 35.3 Å². The lowest BCUT2D eigenvalue weighted by Crippen LogP contribution is -2.58. The van der Waals surface area contributed by atoms with Crippen molar-refractivity contribution >= 4 is 8.24 Å². The van der Waals surface area contributed by atoms with Gasteiger partial charge >= 0.3 is 0 Å². The first-order chi connectivity index (χ1) is 10.6. The van der Waals surface area contributed by atoms with Gasteiger partial charge in [-0.2, -0.15) is 0 Å². The zero-order valence-corrected chi connectivity index (χ0v) is 17.7. The summed E-state index contributed by atoms with van der Waals surface area (Å²) in [4.78, 5) is 6.67. The molecule has 0 amide bonds. The van der Waals surface area contributed by atoms with Gasteiger partial charge in [0.25, 0.3) is 0 Å². The second-order valence-electron chi connectivity index (χ2n) is 10.7. The summed E-state index contributed by atoms with van der Waals surface area (Å²) in [6.07, 6.45) is 9.10. The van der Waals surface area contributed by atoms with Crippen LogP contribution in [0.25, 0.3) is 0 Å². The lowest BCUT2D eigenvalue weighted by Gasteiger charge is -2.44. The zero-order chi connectivity index (χ0) is 17.0. The zero-order valence-electron chi connectivity index (χ0n) is 16.7. The summed E-state index contributed by atoms with van der Waals surface area (Å²) in [5.41, 5.74) is 1.21. The van der Waals surface area contributed by atoms with E-state index >= 15 is 0 Å². The molecule has 0 aromatic rings. The van der Waals surface area contributed by atoms with E-state index in [1.165, 1.54) is 32.1 Å². The van der Waals surface area contributed by atoms with Gasteiger partial charge in [-0.3, -0.25) is 0 Å². The predicted molar refractivity (Wildman–Crippen MR) is 103 cm³/mol.